The number of carbonyl (C=O) groups is 2. The third-order valence-electron chi connectivity index (χ3n) is 5.07. The first kappa shape index (κ1) is 18.7. The number of amides is 2. The predicted octanol–water partition coefficient (Wildman–Crippen LogP) is 3.02. The summed E-state index contributed by atoms with van der Waals surface area (Å²) in [5, 5.41) is 2.94. The summed E-state index contributed by atoms with van der Waals surface area (Å²) in [5.74, 6) is 0.308. The van der Waals surface area contributed by atoms with Crippen molar-refractivity contribution in [2.45, 2.75) is 19.5 Å². The molecule has 1 aliphatic rings. The van der Waals surface area contributed by atoms with Crippen molar-refractivity contribution < 1.29 is 18.9 Å². The van der Waals surface area contributed by atoms with Crippen LogP contribution in [0.3, 0.4) is 0 Å². The van der Waals surface area contributed by atoms with Crippen molar-refractivity contribution in [2.24, 2.45) is 0 Å². The van der Waals surface area contributed by atoms with Gasteiger partial charge >= 0.3 is 0 Å². The number of hydrogen-bond acceptors (Lipinski definition) is 3. The second-order valence-electron chi connectivity index (χ2n) is 6.92. The van der Waals surface area contributed by atoms with Gasteiger partial charge in [-0.2, -0.15) is 4.57 Å². The van der Waals surface area contributed by atoms with E-state index < -0.39 is 6.04 Å². The minimum absolute atomic E-state index is 0.127. The van der Waals surface area contributed by atoms with E-state index in [4.69, 9.17) is 4.74 Å². The highest BCUT2D eigenvalue weighted by molar-refractivity contribution is 6.05. The highest BCUT2D eigenvalue weighted by atomic mass is 16.5. The Kier molecular flexibility index (Phi) is 4.99. The third kappa shape index (κ3) is 3.57. The molecule has 4 rings (SSSR count). The summed E-state index contributed by atoms with van der Waals surface area (Å²) in [5.41, 5.74) is 3.08. The van der Waals surface area contributed by atoms with Crippen LogP contribution in [0.4, 0.5) is 11.4 Å². The molecule has 6 nitrogen and oxygen atoms in total. The van der Waals surface area contributed by atoms with Gasteiger partial charge in [0, 0.05) is 23.5 Å². The first-order chi connectivity index (χ1) is 14.1. The Hall–Kier alpha value is -3.67. The lowest BCUT2D eigenvalue weighted by Crippen LogP contribution is -2.58. The number of benzene rings is 2. The lowest BCUT2D eigenvalue weighted by Gasteiger charge is -2.33. The van der Waals surface area contributed by atoms with Crippen molar-refractivity contribution in [3.8, 4) is 5.75 Å². The van der Waals surface area contributed by atoms with Crippen molar-refractivity contribution in [2.75, 3.05) is 17.3 Å². The van der Waals surface area contributed by atoms with Crippen LogP contribution >= 0.6 is 0 Å². The van der Waals surface area contributed by atoms with Gasteiger partial charge in [0.15, 0.2) is 6.20 Å². The van der Waals surface area contributed by atoms with Crippen molar-refractivity contribution in [3.05, 3.63) is 84.2 Å². The van der Waals surface area contributed by atoms with Gasteiger partial charge in [0.25, 0.3) is 11.8 Å². The van der Waals surface area contributed by atoms with Gasteiger partial charge in [0.1, 0.15) is 5.75 Å². The molecule has 0 aliphatic carbocycles. The number of aryl methyl sites for hydroxylation is 1. The van der Waals surface area contributed by atoms with Crippen LogP contribution in [0.25, 0.3) is 0 Å². The molecule has 0 radical (unpaired) electrons. The largest absolute Gasteiger partial charge is 0.497 e. The van der Waals surface area contributed by atoms with E-state index >= 15 is 0 Å². The number of nitrogens with one attached hydrogen (secondary N) is 1. The normalized spacial score (nSPS) is 15.6. The van der Waals surface area contributed by atoms with Gasteiger partial charge in [-0.3, -0.25) is 14.5 Å². The number of nitrogens with zero attached hydrogens (tertiary/aromatic N) is 2. The van der Waals surface area contributed by atoms with Crippen LogP contribution in [-0.4, -0.2) is 18.9 Å². The molecular weight excluding hydrogens is 366 g/mol. The number of anilines is 2. The zero-order valence-corrected chi connectivity index (χ0v) is 16.3. The van der Waals surface area contributed by atoms with E-state index in [0.717, 1.165) is 16.9 Å². The molecule has 1 aromatic heterocycles. The maximum absolute atomic E-state index is 13.4. The summed E-state index contributed by atoms with van der Waals surface area (Å²) in [7, 11) is 1.59. The van der Waals surface area contributed by atoms with Crippen LogP contribution in [0, 0.1) is 6.92 Å². The number of rotatable bonds is 4. The summed E-state index contributed by atoms with van der Waals surface area (Å²) < 4.78 is 7.00. The van der Waals surface area contributed by atoms with Crippen molar-refractivity contribution in [1.82, 2.24) is 0 Å². The van der Waals surface area contributed by atoms with Gasteiger partial charge in [-0.05, 0) is 42.8 Å². The monoisotopic (exact) mass is 388 g/mol. The summed E-state index contributed by atoms with van der Waals surface area (Å²) in [4.78, 5) is 28.0. The Balaban J connectivity index is 1.75. The first-order valence-corrected chi connectivity index (χ1v) is 9.39. The number of para-hydroxylation sites is 1. The van der Waals surface area contributed by atoms with Gasteiger partial charge in [-0.1, -0.05) is 24.3 Å². The molecule has 29 heavy (non-hydrogen) atoms. The molecule has 0 fully saturated rings. The standard InChI is InChI=1S/C23H21N3O3/c1-16-7-3-4-8-19(16)26-21(27)15-25-14-6-5-9-20(25)22(26)23(28)24-17-10-12-18(29-2)13-11-17/h3-14,22H,15H2,1-2H3/p+1/t22-/m0/s1. The van der Waals surface area contributed by atoms with Crippen LogP contribution < -0.4 is 19.5 Å². The molecule has 0 unspecified atom stereocenters. The first-order valence-electron chi connectivity index (χ1n) is 9.39. The molecule has 2 heterocycles. The fourth-order valence-corrected chi connectivity index (χ4v) is 3.62. The maximum atomic E-state index is 13.4. The van der Waals surface area contributed by atoms with Crippen LogP contribution in [0.15, 0.2) is 72.9 Å². The molecule has 146 valence electrons. The van der Waals surface area contributed by atoms with E-state index in [-0.39, 0.29) is 18.4 Å². The smallest absolute Gasteiger partial charge is 0.294 e. The van der Waals surface area contributed by atoms with Crippen molar-refractivity contribution in [1.29, 1.82) is 0 Å². The molecular formula is C23H22N3O3+. The molecule has 0 spiro atoms. The molecule has 0 bridgehead atoms. The summed E-state index contributed by atoms with van der Waals surface area (Å²) in [6, 6.07) is 19.6. The van der Waals surface area contributed by atoms with E-state index in [2.05, 4.69) is 5.32 Å². The molecule has 0 saturated carbocycles. The lowest BCUT2D eigenvalue weighted by molar-refractivity contribution is -0.695. The molecule has 1 aliphatic heterocycles. The maximum Gasteiger partial charge on any atom is 0.294 e. The number of aromatic nitrogens is 1. The summed E-state index contributed by atoms with van der Waals surface area (Å²) >= 11 is 0. The molecule has 1 atom stereocenters. The Labute approximate surface area is 169 Å². The summed E-state index contributed by atoms with van der Waals surface area (Å²) in [6.45, 7) is 2.13. The number of methoxy groups -OCH3 is 1. The van der Waals surface area contributed by atoms with E-state index in [1.807, 2.05) is 60.2 Å². The zero-order chi connectivity index (χ0) is 20.4. The Morgan fingerprint density at radius 2 is 1.79 bits per heavy atom. The Bertz CT molecular complexity index is 1060. The number of carbonyl (C=O) groups excluding carboxylic acids is 2. The van der Waals surface area contributed by atoms with Crippen molar-refractivity contribution >= 4 is 23.2 Å². The van der Waals surface area contributed by atoms with Crippen LogP contribution in [-0.2, 0) is 16.1 Å². The Morgan fingerprint density at radius 1 is 1.07 bits per heavy atom. The zero-order valence-electron chi connectivity index (χ0n) is 16.3. The van der Waals surface area contributed by atoms with Crippen LogP contribution in [0.5, 0.6) is 5.75 Å². The number of hydrogen-bond donors (Lipinski definition) is 1. The van der Waals surface area contributed by atoms with Gasteiger partial charge < -0.3 is 10.1 Å². The molecule has 2 aromatic carbocycles. The quantitative estimate of drug-likeness (QED) is 0.699. The van der Waals surface area contributed by atoms with E-state index in [1.165, 1.54) is 0 Å². The molecule has 0 saturated heterocycles. The lowest BCUT2D eigenvalue weighted by atomic mass is 10.0. The van der Waals surface area contributed by atoms with Gasteiger partial charge in [0.2, 0.25) is 18.3 Å². The third-order valence-corrected chi connectivity index (χ3v) is 5.07. The average Bonchev–Trinajstić information content (AvgIpc) is 2.74. The van der Waals surface area contributed by atoms with Crippen LogP contribution in [0.2, 0.25) is 0 Å². The second kappa shape index (κ2) is 7.75. The highest BCUT2D eigenvalue weighted by Gasteiger charge is 2.44. The number of pyridine rings is 1. The second-order valence-corrected chi connectivity index (χ2v) is 6.92. The molecule has 6 heteroatoms. The van der Waals surface area contributed by atoms with Gasteiger partial charge in [-0.25, -0.2) is 0 Å². The molecule has 1 N–H and O–H groups in total. The molecule has 2 amide bonds. The minimum Gasteiger partial charge on any atom is -0.497 e. The van der Waals surface area contributed by atoms with E-state index in [0.29, 0.717) is 11.4 Å². The predicted molar refractivity (Wildman–Crippen MR) is 110 cm³/mol. The SMILES string of the molecule is COc1ccc(NC(=O)[C@@H]2c3cccc[n+]3CC(=O)N2c2ccccc2C)cc1. The minimum atomic E-state index is -0.777. The summed E-state index contributed by atoms with van der Waals surface area (Å²) in [6.07, 6.45) is 1.83. The fourth-order valence-electron chi connectivity index (χ4n) is 3.62. The topological polar surface area (TPSA) is 62.5 Å². The van der Waals surface area contributed by atoms with Crippen molar-refractivity contribution in [3.63, 3.8) is 0 Å². The van der Waals surface area contributed by atoms with E-state index in [1.54, 1.807) is 36.3 Å². The van der Waals surface area contributed by atoms with Crippen LogP contribution in [0.1, 0.15) is 17.3 Å². The highest BCUT2D eigenvalue weighted by Crippen LogP contribution is 2.32. The Morgan fingerprint density at radius 3 is 2.52 bits per heavy atom. The fraction of sp³-hybridized carbons (Fsp3) is 0.174. The van der Waals surface area contributed by atoms with Gasteiger partial charge in [0.05, 0.1) is 7.11 Å². The molecule has 3 aromatic rings. The van der Waals surface area contributed by atoms with Gasteiger partial charge in [-0.15, -0.1) is 0 Å². The average molecular weight is 388 g/mol. The number of ether oxygens (including phenoxy) is 1. The van der Waals surface area contributed by atoms with E-state index in [9.17, 15) is 9.59 Å². The number of fused-ring (bicyclic) bond motifs is 1.